The van der Waals surface area contributed by atoms with Crippen LogP contribution in [0.4, 0.5) is 0 Å². The molecule has 0 atom stereocenters. The summed E-state index contributed by atoms with van der Waals surface area (Å²) in [4.78, 5) is 9.65. The fourth-order valence-corrected chi connectivity index (χ4v) is 3.60. The molecule has 1 aromatic heterocycles. The first-order valence-electron chi connectivity index (χ1n) is 8.17. The smallest absolute Gasteiger partial charge is 0.160 e. The van der Waals surface area contributed by atoms with Crippen LogP contribution in [0, 0.1) is 0 Å². The maximum absolute atomic E-state index is 6.20. The largest absolute Gasteiger partial charge is 0.227 e. The molecule has 4 heteroatoms. The van der Waals surface area contributed by atoms with E-state index in [2.05, 4.69) is 15.9 Å². The number of hydrogen-bond donors (Lipinski definition) is 0. The summed E-state index contributed by atoms with van der Waals surface area (Å²) in [5.41, 5.74) is 4.62. The molecule has 0 aliphatic heterocycles. The molecule has 26 heavy (non-hydrogen) atoms. The molecule has 0 fully saturated rings. The molecular formula is C22H14BrClN2. The Balaban J connectivity index is 1.99. The Morgan fingerprint density at radius 1 is 0.615 bits per heavy atom. The maximum atomic E-state index is 6.20. The topological polar surface area (TPSA) is 25.8 Å². The third-order valence-corrected chi connectivity index (χ3v) is 5.01. The Kier molecular flexibility index (Phi) is 4.83. The Labute approximate surface area is 165 Å². The van der Waals surface area contributed by atoms with Crippen LogP contribution < -0.4 is 0 Å². The van der Waals surface area contributed by atoms with E-state index in [1.54, 1.807) is 0 Å². The lowest BCUT2D eigenvalue weighted by Gasteiger charge is -2.12. The minimum absolute atomic E-state index is 0.676. The number of halogens is 2. The summed E-state index contributed by atoms with van der Waals surface area (Å²) in [6.45, 7) is 0. The first-order chi connectivity index (χ1) is 12.7. The third kappa shape index (κ3) is 3.41. The highest BCUT2D eigenvalue weighted by atomic mass is 79.9. The van der Waals surface area contributed by atoms with Crippen molar-refractivity contribution in [1.82, 2.24) is 9.97 Å². The summed E-state index contributed by atoms with van der Waals surface area (Å²) >= 11 is 9.92. The highest BCUT2D eigenvalue weighted by Gasteiger charge is 2.16. The Bertz CT molecular complexity index is 1050. The first kappa shape index (κ1) is 17.0. The van der Waals surface area contributed by atoms with Gasteiger partial charge in [0.25, 0.3) is 0 Å². The molecule has 4 rings (SSSR count). The zero-order chi connectivity index (χ0) is 17.9. The van der Waals surface area contributed by atoms with Gasteiger partial charge in [0.2, 0.25) is 0 Å². The molecule has 126 valence electrons. The molecule has 0 saturated carbocycles. The van der Waals surface area contributed by atoms with Gasteiger partial charge < -0.3 is 0 Å². The van der Waals surface area contributed by atoms with E-state index >= 15 is 0 Å². The molecule has 0 bridgehead atoms. The van der Waals surface area contributed by atoms with Gasteiger partial charge in [0.15, 0.2) is 5.82 Å². The van der Waals surface area contributed by atoms with Crippen LogP contribution in [0.25, 0.3) is 33.9 Å². The summed E-state index contributed by atoms with van der Waals surface area (Å²) in [6.07, 6.45) is 0. The third-order valence-electron chi connectivity index (χ3n) is 4.03. The molecule has 1 heterocycles. The van der Waals surface area contributed by atoms with Crippen LogP contribution in [0.15, 0.2) is 89.4 Å². The van der Waals surface area contributed by atoms with Crippen molar-refractivity contribution in [2.24, 2.45) is 0 Å². The van der Waals surface area contributed by atoms with E-state index < -0.39 is 0 Å². The van der Waals surface area contributed by atoms with Gasteiger partial charge in [-0.1, -0.05) is 84.4 Å². The summed E-state index contributed by atoms with van der Waals surface area (Å²) in [6, 6.07) is 27.8. The second-order valence-corrected chi connectivity index (χ2v) is 7.03. The number of hydrogen-bond acceptors (Lipinski definition) is 2. The lowest BCUT2D eigenvalue weighted by molar-refractivity contribution is 1.17. The predicted octanol–water partition coefficient (Wildman–Crippen LogP) is 6.89. The zero-order valence-electron chi connectivity index (χ0n) is 13.7. The van der Waals surface area contributed by atoms with Gasteiger partial charge in [0, 0.05) is 21.7 Å². The average Bonchev–Trinajstić information content (AvgIpc) is 2.69. The number of rotatable bonds is 3. The number of aromatic nitrogens is 2. The van der Waals surface area contributed by atoms with Crippen LogP contribution in [0.1, 0.15) is 0 Å². The van der Waals surface area contributed by atoms with Gasteiger partial charge in [-0.15, -0.1) is 0 Å². The van der Waals surface area contributed by atoms with Crippen molar-refractivity contribution in [3.8, 4) is 33.9 Å². The fourth-order valence-electron chi connectivity index (χ4n) is 2.78. The van der Waals surface area contributed by atoms with Crippen molar-refractivity contribution in [2.45, 2.75) is 0 Å². The molecule has 3 aromatic carbocycles. The fraction of sp³-hybridized carbons (Fsp3) is 0. The summed E-state index contributed by atoms with van der Waals surface area (Å²) in [5, 5.41) is 0.676. The molecule has 0 unspecified atom stereocenters. The van der Waals surface area contributed by atoms with Crippen molar-refractivity contribution in [2.75, 3.05) is 0 Å². The van der Waals surface area contributed by atoms with Gasteiger partial charge in [0.1, 0.15) is 0 Å². The molecule has 0 spiro atoms. The van der Waals surface area contributed by atoms with Crippen LogP contribution in [0.3, 0.4) is 0 Å². The highest BCUT2D eigenvalue weighted by Crippen LogP contribution is 2.36. The minimum Gasteiger partial charge on any atom is -0.227 e. The van der Waals surface area contributed by atoms with Crippen molar-refractivity contribution in [1.29, 1.82) is 0 Å². The van der Waals surface area contributed by atoms with Gasteiger partial charge in [0.05, 0.1) is 15.9 Å². The first-order valence-corrected chi connectivity index (χ1v) is 9.34. The molecule has 0 amide bonds. The Morgan fingerprint density at radius 3 is 1.77 bits per heavy atom. The van der Waals surface area contributed by atoms with Crippen LogP contribution in [-0.2, 0) is 0 Å². The molecule has 0 aliphatic rings. The van der Waals surface area contributed by atoms with Crippen molar-refractivity contribution in [3.63, 3.8) is 0 Å². The van der Waals surface area contributed by atoms with E-state index in [1.165, 1.54) is 0 Å². The van der Waals surface area contributed by atoms with Crippen LogP contribution in [-0.4, -0.2) is 9.97 Å². The molecule has 0 radical (unpaired) electrons. The molecule has 0 N–H and O–H groups in total. The van der Waals surface area contributed by atoms with E-state index in [1.807, 2.05) is 84.9 Å². The lowest BCUT2D eigenvalue weighted by atomic mass is 10.1. The molecule has 0 saturated heterocycles. The standard InChI is InChI=1S/C22H14BrClN2/c23-19-20(15-8-3-1-4-9-15)25-22(16-10-5-2-6-11-16)26-21(19)17-12-7-13-18(24)14-17/h1-14H. The normalized spacial score (nSPS) is 10.7. The lowest BCUT2D eigenvalue weighted by Crippen LogP contribution is -1.98. The van der Waals surface area contributed by atoms with E-state index in [9.17, 15) is 0 Å². The van der Waals surface area contributed by atoms with E-state index in [0.29, 0.717) is 10.8 Å². The number of benzene rings is 3. The van der Waals surface area contributed by atoms with Crippen molar-refractivity contribution >= 4 is 27.5 Å². The average molecular weight is 422 g/mol. The van der Waals surface area contributed by atoms with Gasteiger partial charge in [-0.25, -0.2) is 9.97 Å². The zero-order valence-corrected chi connectivity index (χ0v) is 16.1. The van der Waals surface area contributed by atoms with Crippen LogP contribution in [0.5, 0.6) is 0 Å². The van der Waals surface area contributed by atoms with E-state index in [0.717, 1.165) is 32.6 Å². The SMILES string of the molecule is Clc1cccc(-c2nc(-c3ccccc3)nc(-c3ccccc3)c2Br)c1. The molecular weight excluding hydrogens is 408 g/mol. The van der Waals surface area contributed by atoms with Crippen molar-refractivity contribution < 1.29 is 0 Å². The summed E-state index contributed by atoms with van der Waals surface area (Å²) in [7, 11) is 0. The van der Waals surface area contributed by atoms with E-state index in [4.69, 9.17) is 21.6 Å². The van der Waals surface area contributed by atoms with Crippen LogP contribution in [0.2, 0.25) is 5.02 Å². The Morgan fingerprint density at radius 2 is 1.15 bits per heavy atom. The van der Waals surface area contributed by atoms with E-state index in [-0.39, 0.29) is 0 Å². The molecule has 0 aliphatic carbocycles. The molecule has 2 nitrogen and oxygen atoms in total. The monoisotopic (exact) mass is 420 g/mol. The minimum atomic E-state index is 0.676. The number of nitrogens with zero attached hydrogens (tertiary/aromatic N) is 2. The predicted molar refractivity (Wildman–Crippen MR) is 111 cm³/mol. The van der Waals surface area contributed by atoms with Crippen molar-refractivity contribution in [3.05, 3.63) is 94.4 Å². The maximum Gasteiger partial charge on any atom is 0.160 e. The van der Waals surface area contributed by atoms with Gasteiger partial charge >= 0.3 is 0 Å². The Hall–Kier alpha value is -2.49. The van der Waals surface area contributed by atoms with Gasteiger partial charge in [-0.2, -0.15) is 0 Å². The second-order valence-electron chi connectivity index (χ2n) is 5.80. The summed E-state index contributed by atoms with van der Waals surface area (Å²) < 4.78 is 0.852. The summed E-state index contributed by atoms with van der Waals surface area (Å²) in [5.74, 6) is 0.683. The van der Waals surface area contributed by atoms with Gasteiger partial charge in [-0.05, 0) is 28.1 Å². The van der Waals surface area contributed by atoms with Gasteiger partial charge in [-0.3, -0.25) is 0 Å². The highest BCUT2D eigenvalue weighted by molar-refractivity contribution is 9.10. The quantitative estimate of drug-likeness (QED) is 0.360. The second kappa shape index (κ2) is 7.40. The van der Waals surface area contributed by atoms with Crippen LogP contribution >= 0.6 is 27.5 Å². The molecule has 4 aromatic rings.